The minimum Gasteiger partial charge on any atom is -0.383 e. The molecular formula is C19H26N4O2. The molecule has 2 aromatic rings. The van der Waals surface area contributed by atoms with Crippen molar-refractivity contribution < 1.29 is 9.53 Å². The molecule has 1 aromatic carbocycles. The van der Waals surface area contributed by atoms with E-state index in [0.717, 1.165) is 31.5 Å². The molecule has 1 saturated heterocycles. The van der Waals surface area contributed by atoms with Gasteiger partial charge in [0.1, 0.15) is 5.69 Å². The van der Waals surface area contributed by atoms with Crippen LogP contribution in [0.2, 0.25) is 0 Å². The van der Waals surface area contributed by atoms with Crippen LogP contribution in [-0.2, 0) is 11.3 Å². The third-order valence-corrected chi connectivity index (χ3v) is 4.54. The monoisotopic (exact) mass is 342 g/mol. The van der Waals surface area contributed by atoms with Crippen LogP contribution in [0.25, 0.3) is 0 Å². The minimum absolute atomic E-state index is 0.0524. The van der Waals surface area contributed by atoms with E-state index in [2.05, 4.69) is 10.4 Å². The Morgan fingerprint density at radius 3 is 2.92 bits per heavy atom. The summed E-state index contributed by atoms with van der Waals surface area (Å²) in [6, 6.07) is 12.2. The van der Waals surface area contributed by atoms with Gasteiger partial charge in [-0.1, -0.05) is 30.3 Å². The molecule has 3 rings (SSSR count). The summed E-state index contributed by atoms with van der Waals surface area (Å²) in [5.74, 6) is -0.0524. The van der Waals surface area contributed by atoms with Crippen molar-refractivity contribution in [1.29, 1.82) is 0 Å². The summed E-state index contributed by atoms with van der Waals surface area (Å²) < 4.78 is 7.10. The Morgan fingerprint density at radius 1 is 1.36 bits per heavy atom. The first-order valence-corrected chi connectivity index (χ1v) is 8.86. The van der Waals surface area contributed by atoms with E-state index in [9.17, 15) is 4.79 Å². The molecular weight excluding hydrogens is 316 g/mol. The molecule has 0 radical (unpaired) electrons. The number of methoxy groups -OCH3 is 1. The van der Waals surface area contributed by atoms with Crippen LogP contribution in [0.4, 0.5) is 0 Å². The van der Waals surface area contributed by atoms with Crippen LogP contribution in [0.1, 0.15) is 34.9 Å². The lowest BCUT2D eigenvalue weighted by molar-refractivity contribution is 0.0673. The minimum atomic E-state index is -0.0524. The fourth-order valence-electron chi connectivity index (χ4n) is 3.13. The predicted molar refractivity (Wildman–Crippen MR) is 96.4 cm³/mol. The Balaban J connectivity index is 1.71. The van der Waals surface area contributed by atoms with Crippen molar-refractivity contribution in [1.82, 2.24) is 20.0 Å². The Bertz CT molecular complexity index is 665. The zero-order valence-electron chi connectivity index (χ0n) is 14.7. The molecule has 0 aliphatic carbocycles. The van der Waals surface area contributed by atoms with Crippen LogP contribution >= 0.6 is 0 Å². The van der Waals surface area contributed by atoms with E-state index in [-0.39, 0.29) is 5.91 Å². The van der Waals surface area contributed by atoms with Crippen LogP contribution in [0.3, 0.4) is 0 Å². The van der Waals surface area contributed by atoms with E-state index in [1.54, 1.807) is 12.0 Å². The van der Waals surface area contributed by atoms with Gasteiger partial charge in [0.05, 0.1) is 12.6 Å². The number of hydrogen-bond donors (Lipinski definition) is 1. The van der Waals surface area contributed by atoms with E-state index < -0.39 is 0 Å². The number of carbonyl (C=O) groups is 1. The van der Waals surface area contributed by atoms with Crippen molar-refractivity contribution in [3.05, 3.63) is 53.9 Å². The fraction of sp³-hybridized carbons (Fsp3) is 0.474. The fourth-order valence-corrected chi connectivity index (χ4v) is 3.13. The number of nitrogens with zero attached hydrogens (tertiary/aromatic N) is 3. The number of nitrogens with one attached hydrogen (secondary N) is 1. The molecule has 134 valence electrons. The molecule has 0 spiro atoms. The molecule has 1 amide bonds. The molecule has 0 bridgehead atoms. The largest absolute Gasteiger partial charge is 0.383 e. The Kier molecular flexibility index (Phi) is 6.19. The highest BCUT2D eigenvalue weighted by Gasteiger charge is 2.21. The van der Waals surface area contributed by atoms with E-state index in [4.69, 9.17) is 4.74 Å². The first kappa shape index (κ1) is 17.6. The molecule has 25 heavy (non-hydrogen) atoms. The molecule has 1 aliphatic rings. The average molecular weight is 342 g/mol. The molecule has 1 N–H and O–H groups in total. The highest BCUT2D eigenvalue weighted by atomic mass is 16.5. The predicted octanol–water partition coefficient (Wildman–Crippen LogP) is 2.10. The van der Waals surface area contributed by atoms with Gasteiger partial charge >= 0.3 is 0 Å². The van der Waals surface area contributed by atoms with Gasteiger partial charge in [0.25, 0.3) is 5.91 Å². The van der Waals surface area contributed by atoms with Gasteiger partial charge < -0.3 is 15.0 Å². The molecule has 1 aromatic heterocycles. The number of rotatable bonds is 7. The highest BCUT2D eigenvalue weighted by molar-refractivity contribution is 5.92. The molecule has 1 unspecified atom stereocenters. The van der Waals surface area contributed by atoms with Crippen molar-refractivity contribution in [2.45, 2.75) is 25.4 Å². The number of hydrogen-bond acceptors (Lipinski definition) is 4. The zero-order chi connectivity index (χ0) is 17.5. The van der Waals surface area contributed by atoms with Crippen LogP contribution in [0.15, 0.2) is 42.6 Å². The summed E-state index contributed by atoms with van der Waals surface area (Å²) in [5, 5.41) is 7.93. The van der Waals surface area contributed by atoms with Crippen LogP contribution in [0, 0.1) is 0 Å². The average Bonchev–Trinajstić information content (AvgIpc) is 3.16. The summed E-state index contributed by atoms with van der Waals surface area (Å²) in [6.07, 6.45) is 4.16. The lowest BCUT2D eigenvalue weighted by Gasteiger charge is -2.23. The standard InChI is InChI=1S/C19H26N4O2/c1-25-13-12-22(15-16-6-3-2-4-7-16)19(24)18-9-11-23(21-18)17-8-5-10-20-14-17/h2-4,6-7,9,11,17,20H,5,8,10,12-15H2,1H3. The van der Waals surface area contributed by atoms with E-state index in [1.165, 1.54) is 0 Å². The van der Waals surface area contributed by atoms with Crippen molar-refractivity contribution in [3.8, 4) is 0 Å². The van der Waals surface area contributed by atoms with E-state index in [1.807, 2.05) is 47.3 Å². The van der Waals surface area contributed by atoms with Crippen LogP contribution < -0.4 is 5.32 Å². The second kappa shape index (κ2) is 8.78. The number of benzene rings is 1. The third-order valence-electron chi connectivity index (χ3n) is 4.54. The lowest BCUT2D eigenvalue weighted by Crippen LogP contribution is -2.34. The maximum Gasteiger partial charge on any atom is 0.274 e. The summed E-state index contributed by atoms with van der Waals surface area (Å²) >= 11 is 0. The first-order chi connectivity index (χ1) is 12.3. The van der Waals surface area contributed by atoms with Crippen molar-refractivity contribution >= 4 is 5.91 Å². The van der Waals surface area contributed by atoms with Gasteiger partial charge in [-0.15, -0.1) is 0 Å². The molecule has 6 nitrogen and oxygen atoms in total. The van der Waals surface area contributed by atoms with Gasteiger partial charge in [-0.25, -0.2) is 0 Å². The maximum absolute atomic E-state index is 12.9. The number of aromatic nitrogens is 2. The van der Waals surface area contributed by atoms with Gasteiger partial charge in [-0.3, -0.25) is 9.48 Å². The van der Waals surface area contributed by atoms with E-state index in [0.29, 0.717) is 31.4 Å². The van der Waals surface area contributed by atoms with Crippen LogP contribution in [-0.4, -0.2) is 53.9 Å². The number of ether oxygens (including phenoxy) is 1. The van der Waals surface area contributed by atoms with E-state index >= 15 is 0 Å². The highest BCUT2D eigenvalue weighted by Crippen LogP contribution is 2.17. The topological polar surface area (TPSA) is 59.4 Å². The summed E-state index contributed by atoms with van der Waals surface area (Å²) in [5.41, 5.74) is 1.60. The molecule has 0 saturated carbocycles. The Hall–Kier alpha value is -2.18. The number of amides is 1. The molecule has 1 atom stereocenters. The van der Waals surface area contributed by atoms with Crippen molar-refractivity contribution in [3.63, 3.8) is 0 Å². The van der Waals surface area contributed by atoms with Crippen molar-refractivity contribution in [2.24, 2.45) is 0 Å². The SMILES string of the molecule is COCCN(Cc1ccccc1)C(=O)c1ccn(C2CCCNC2)n1. The van der Waals surface area contributed by atoms with Gasteiger partial charge in [0.15, 0.2) is 0 Å². The second-order valence-corrected chi connectivity index (χ2v) is 6.39. The van der Waals surface area contributed by atoms with Gasteiger partial charge in [0, 0.05) is 32.9 Å². The number of carbonyl (C=O) groups excluding carboxylic acids is 1. The zero-order valence-corrected chi connectivity index (χ0v) is 14.7. The van der Waals surface area contributed by atoms with Crippen LogP contribution in [0.5, 0.6) is 0 Å². The molecule has 2 heterocycles. The Morgan fingerprint density at radius 2 is 2.20 bits per heavy atom. The van der Waals surface area contributed by atoms with Gasteiger partial charge in [-0.05, 0) is 31.0 Å². The smallest absolute Gasteiger partial charge is 0.274 e. The Labute approximate surface area is 148 Å². The third kappa shape index (κ3) is 4.67. The normalized spacial score (nSPS) is 17.4. The molecule has 1 aliphatic heterocycles. The maximum atomic E-state index is 12.9. The quantitative estimate of drug-likeness (QED) is 0.837. The van der Waals surface area contributed by atoms with Crippen molar-refractivity contribution in [2.75, 3.05) is 33.4 Å². The summed E-state index contributed by atoms with van der Waals surface area (Å²) in [6.45, 7) is 3.58. The van der Waals surface area contributed by atoms with Gasteiger partial charge in [-0.2, -0.15) is 5.10 Å². The first-order valence-electron chi connectivity index (χ1n) is 8.86. The lowest BCUT2D eigenvalue weighted by atomic mass is 10.1. The molecule has 6 heteroatoms. The number of piperidine rings is 1. The molecule has 1 fully saturated rings. The van der Waals surface area contributed by atoms with Gasteiger partial charge in [0.2, 0.25) is 0 Å². The second-order valence-electron chi connectivity index (χ2n) is 6.39. The summed E-state index contributed by atoms with van der Waals surface area (Å²) in [4.78, 5) is 14.7. The summed E-state index contributed by atoms with van der Waals surface area (Å²) in [7, 11) is 1.65.